The van der Waals surface area contributed by atoms with Gasteiger partial charge in [0, 0.05) is 11.5 Å². The van der Waals surface area contributed by atoms with E-state index < -0.39 is 0 Å². The number of anilines is 1. The normalized spacial score (nSPS) is 7.25. The summed E-state index contributed by atoms with van der Waals surface area (Å²) in [5.74, 6) is 0. The van der Waals surface area contributed by atoms with Crippen LogP contribution >= 0.6 is 11.5 Å². The fourth-order valence-electron chi connectivity index (χ4n) is 0.182. The van der Waals surface area contributed by atoms with Crippen molar-refractivity contribution in [3.8, 4) is 0 Å². The van der Waals surface area contributed by atoms with Gasteiger partial charge in [-0.15, -0.1) is 0 Å². The van der Waals surface area contributed by atoms with E-state index in [1.807, 2.05) is 13.8 Å². The first-order chi connectivity index (χ1) is 3.89. The molecule has 0 aliphatic heterocycles. The van der Waals surface area contributed by atoms with Crippen LogP contribution in [0, 0.1) is 0 Å². The molecule has 4 heteroatoms. The molecule has 0 unspecified atom stereocenters. The van der Waals surface area contributed by atoms with Crippen LogP contribution in [0.1, 0.15) is 13.8 Å². The number of nitrogens with two attached hydrogens (primary N) is 1. The van der Waals surface area contributed by atoms with E-state index in [0.717, 1.165) is 0 Å². The summed E-state index contributed by atoms with van der Waals surface area (Å²) in [6.07, 6.45) is 1.43. The second kappa shape index (κ2) is 4.52. The summed E-state index contributed by atoms with van der Waals surface area (Å²) in [4.78, 5) is 3.60. The number of aromatic nitrogens is 2. The van der Waals surface area contributed by atoms with Crippen LogP contribution < -0.4 is 5.73 Å². The van der Waals surface area contributed by atoms with Gasteiger partial charge in [0.1, 0.15) is 6.33 Å². The molecule has 0 spiro atoms. The van der Waals surface area contributed by atoms with E-state index in [2.05, 4.69) is 9.36 Å². The lowest BCUT2D eigenvalue weighted by Gasteiger charge is -1.64. The Morgan fingerprint density at radius 2 is 2.25 bits per heavy atom. The molecular weight excluding hydrogens is 122 g/mol. The Balaban J connectivity index is 0.000000222. The van der Waals surface area contributed by atoms with E-state index in [9.17, 15) is 0 Å². The Hall–Kier alpha value is -0.640. The van der Waals surface area contributed by atoms with Gasteiger partial charge < -0.3 is 5.73 Å². The lowest BCUT2D eigenvalue weighted by atomic mass is 11.0. The molecule has 1 heterocycles. The molecule has 1 aromatic heterocycles. The predicted molar refractivity (Wildman–Crippen MR) is 35.7 cm³/mol. The topological polar surface area (TPSA) is 51.8 Å². The van der Waals surface area contributed by atoms with Crippen LogP contribution in [0.4, 0.5) is 5.13 Å². The zero-order valence-corrected chi connectivity index (χ0v) is 5.77. The van der Waals surface area contributed by atoms with Crippen molar-refractivity contribution in [3.05, 3.63) is 6.33 Å². The average Bonchev–Trinajstić information content (AvgIpc) is 2.24. The van der Waals surface area contributed by atoms with E-state index in [-0.39, 0.29) is 0 Å². The van der Waals surface area contributed by atoms with Gasteiger partial charge in [-0.2, -0.15) is 4.37 Å². The van der Waals surface area contributed by atoms with Crippen molar-refractivity contribution in [3.63, 3.8) is 0 Å². The Kier molecular flexibility index (Phi) is 4.16. The predicted octanol–water partition coefficient (Wildman–Crippen LogP) is 1.15. The standard InChI is InChI=1S/C2H3N3S.C2H6/c3-2-4-1-5-6-2;1-2/h1H,(H2,3,4,5);1-2H3. The van der Waals surface area contributed by atoms with E-state index >= 15 is 0 Å². The van der Waals surface area contributed by atoms with E-state index in [1.54, 1.807) is 0 Å². The largest absolute Gasteiger partial charge is 0.374 e. The molecule has 0 radical (unpaired) electrons. The third-order valence-electron chi connectivity index (χ3n) is 0.378. The molecule has 8 heavy (non-hydrogen) atoms. The molecule has 3 nitrogen and oxygen atoms in total. The second-order valence-electron chi connectivity index (χ2n) is 0.780. The molecule has 0 aliphatic carbocycles. The van der Waals surface area contributed by atoms with Crippen molar-refractivity contribution >= 4 is 16.7 Å². The number of nitrogen functional groups attached to an aromatic ring is 1. The minimum Gasteiger partial charge on any atom is -0.374 e. The van der Waals surface area contributed by atoms with Crippen LogP contribution in [0.3, 0.4) is 0 Å². The summed E-state index contributed by atoms with van der Waals surface area (Å²) in [6.45, 7) is 4.00. The summed E-state index contributed by atoms with van der Waals surface area (Å²) < 4.78 is 3.63. The van der Waals surface area contributed by atoms with Gasteiger partial charge in [-0.1, -0.05) is 13.8 Å². The van der Waals surface area contributed by atoms with Crippen molar-refractivity contribution in [2.45, 2.75) is 13.8 Å². The number of rotatable bonds is 0. The summed E-state index contributed by atoms with van der Waals surface area (Å²) in [7, 11) is 0. The van der Waals surface area contributed by atoms with Crippen molar-refractivity contribution in [1.29, 1.82) is 0 Å². The second-order valence-corrected chi connectivity index (χ2v) is 1.59. The van der Waals surface area contributed by atoms with E-state index in [4.69, 9.17) is 5.73 Å². The SMILES string of the molecule is CC.Nc1ncns1. The fourth-order valence-corrected chi connectivity index (χ4v) is 0.478. The smallest absolute Gasteiger partial charge is 0.199 e. The van der Waals surface area contributed by atoms with E-state index in [0.29, 0.717) is 5.13 Å². The number of hydrogen-bond acceptors (Lipinski definition) is 4. The first-order valence-electron chi connectivity index (χ1n) is 2.42. The highest BCUT2D eigenvalue weighted by Gasteiger charge is 1.78. The van der Waals surface area contributed by atoms with Crippen LogP contribution in [0.25, 0.3) is 0 Å². The molecule has 46 valence electrons. The molecule has 0 saturated carbocycles. The first kappa shape index (κ1) is 7.36. The minimum absolute atomic E-state index is 0.523. The van der Waals surface area contributed by atoms with Crippen LogP contribution in [0.5, 0.6) is 0 Å². The van der Waals surface area contributed by atoms with Crippen molar-refractivity contribution < 1.29 is 0 Å². The van der Waals surface area contributed by atoms with Crippen LogP contribution in [0.2, 0.25) is 0 Å². The molecule has 0 amide bonds. The lowest BCUT2D eigenvalue weighted by molar-refractivity contribution is 1.34. The zero-order valence-electron chi connectivity index (χ0n) is 4.96. The van der Waals surface area contributed by atoms with Crippen molar-refractivity contribution in [2.24, 2.45) is 0 Å². The monoisotopic (exact) mass is 131 g/mol. The number of hydrogen-bond donors (Lipinski definition) is 1. The van der Waals surface area contributed by atoms with Gasteiger partial charge in [0.25, 0.3) is 0 Å². The molecule has 1 aromatic rings. The van der Waals surface area contributed by atoms with Gasteiger partial charge in [-0.25, -0.2) is 4.98 Å². The lowest BCUT2D eigenvalue weighted by Crippen LogP contribution is -1.77. The summed E-state index contributed by atoms with van der Waals surface area (Å²) in [5.41, 5.74) is 5.12. The summed E-state index contributed by atoms with van der Waals surface area (Å²) in [5, 5.41) is 0.523. The Morgan fingerprint density at radius 1 is 1.62 bits per heavy atom. The molecule has 0 bridgehead atoms. The van der Waals surface area contributed by atoms with Gasteiger partial charge in [0.15, 0.2) is 5.13 Å². The molecule has 2 N–H and O–H groups in total. The molecular formula is C4H9N3S. The molecule has 1 rings (SSSR count). The summed E-state index contributed by atoms with van der Waals surface area (Å²) in [6, 6.07) is 0. The van der Waals surface area contributed by atoms with Crippen LogP contribution in [0.15, 0.2) is 6.33 Å². The van der Waals surface area contributed by atoms with E-state index in [1.165, 1.54) is 17.9 Å². The Morgan fingerprint density at radius 3 is 2.38 bits per heavy atom. The zero-order chi connectivity index (χ0) is 6.41. The Bertz CT molecular complexity index is 115. The van der Waals surface area contributed by atoms with Gasteiger partial charge in [0.2, 0.25) is 0 Å². The van der Waals surface area contributed by atoms with Crippen molar-refractivity contribution in [1.82, 2.24) is 9.36 Å². The van der Waals surface area contributed by atoms with Crippen LogP contribution in [-0.2, 0) is 0 Å². The maximum atomic E-state index is 5.12. The molecule has 0 aliphatic rings. The Labute approximate surface area is 52.7 Å². The quantitative estimate of drug-likeness (QED) is 0.574. The molecule has 0 aromatic carbocycles. The molecule has 0 atom stereocenters. The molecule has 0 saturated heterocycles. The third kappa shape index (κ3) is 2.52. The number of nitrogens with zero attached hydrogens (tertiary/aromatic N) is 2. The maximum absolute atomic E-state index is 5.12. The van der Waals surface area contributed by atoms with Gasteiger partial charge in [-0.3, -0.25) is 0 Å². The minimum atomic E-state index is 0.523. The van der Waals surface area contributed by atoms with Crippen molar-refractivity contribution in [2.75, 3.05) is 5.73 Å². The average molecular weight is 131 g/mol. The van der Waals surface area contributed by atoms with Gasteiger partial charge in [-0.05, 0) is 0 Å². The first-order valence-corrected chi connectivity index (χ1v) is 3.19. The molecule has 0 fully saturated rings. The van der Waals surface area contributed by atoms with Crippen LogP contribution in [-0.4, -0.2) is 9.36 Å². The highest BCUT2D eigenvalue weighted by atomic mass is 32.1. The fraction of sp³-hybridized carbons (Fsp3) is 0.500. The van der Waals surface area contributed by atoms with Gasteiger partial charge >= 0.3 is 0 Å². The summed E-state index contributed by atoms with van der Waals surface area (Å²) >= 11 is 1.19. The maximum Gasteiger partial charge on any atom is 0.199 e. The highest BCUT2D eigenvalue weighted by molar-refractivity contribution is 7.09. The third-order valence-corrected chi connectivity index (χ3v) is 0.871. The van der Waals surface area contributed by atoms with Gasteiger partial charge in [0.05, 0.1) is 0 Å². The highest BCUT2D eigenvalue weighted by Crippen LogP contribution is 1.96.